The van der Waals surface area contributed by atoms with Gasteiger partial charge in [-0.25, -0.2) is 0 Å². The van der Waals surface area contributed by atoms with Crippen LogP contribution in [0.4, 0.5) is 105 Å². The molecule has 0 aromatic heterocycles. The van der Waals surface area contributed by atoms with Gasteiger partial charge in [-0.05, 0) is 35.7 Å². The van der Waals surface area contributed by atoms with Crippen LogP contribution in [0.3, 0.4) is 0 Å². The molecule has 0 radical (unpaired) electrons. The van der Waals surface area contributed by atoms with Crippen LogP contribution in [0, 0.1) is 0 Å². The lowest BCUT2D eigenvalue weighted by Gasteiger charge is -2.46. The Kier molecular flexibility index (Phi) is 15.8. The van der Waals surface area contributed by atoms with Crippen molar-refractivity contribution in [1.82, 2.24) is 0 Å². The summed E-state index contributed by atoms with van der Waals surface area (Å²) in [6.07, 6.45) is -51.2. The molecular formula is C44H31BF24OS. The van der Waals surface area contributed by atoms with Gasteiger partial charge < -0.3 is 0 Å². The zero-order valence-corrected chi connectivity index (χ0v) is 36.8. The largest absolute Gasteiger partial charge is 0.416 e. The summed E-state index contributed by atoms with van der Waals surface area (Å²) in [5.41, 5.74) is -27.7. The van der Waals surface area contributed by atoms with Crippen LogP contribution in [0.1, 0.15) is 75.4 Å². The maximum atomic E-state index is 14.2. The molecule has 5 aromatic rings. The summed E-state index contributed by atoms with van der Waals surface area (Å²) < 4.78 is 352. The molecule has 0 aliphatic rings. The van der Waals surface area contributed by atoms with Crippen molar-refractivity contribution in [2.75, 3.05) is 12.5 Å². The van der Waals surface area contributed by atoms with Gasteiger partial charge in [0.25, 0.3) is 0 Å². The van der Waals surface area contributed by atoms with Gasteiger partial charge in [-0.15, -0.1) is 4.21 Å². The van der Waals surface area contributed by atoms with Crippen LogP contribution in [0.15, 0.2) is 97.1 Å². The van der Waals surface area contributed by atoms with Gasteiger partial charge >= 0.3 is 49.4 Å². The van der Waals surface area contributed by atoms with E-state index in [2.05, 4.69) is 38.1 Å². The molecule has 390 valence electrons. The molecule has 0 N–H and O–H groups in total. The topological polar surface area (TPSA) is 17.1 Å². The van der Waals surface area contributed by atoms with Crippen LogP contribution in [-0.4, -0.2) is 18.7 Å². The van der Waals surface area contributed by atoms with Crippen LogP contribution >= 0.6 is 0 Å². The van der Waals surface area contributed by atoms with Gasteiger partial charge in [0.2, 0.25) is 0 Å². The summed E-state index contributed by atoms with van der Waals surface area (Å²) in [5, 5.41) is 0. The maximum absolute atomic E-state index is 14.2. The number of alkyl halides is 24. The second-order valence-electron chi connectivity index (χ2n) is 16.7. The lowest BCUT2D eigenvalue weighted by molar-refractivity contribution is -0.144. The fraction of sp³-hybridized carbons (Fsp3) is 0.318. The first-order chi connectivity index (χ1) is 31.6. The van der Waals surface area contributed by atoms with Gasteiger partial charge in [0.05, 0.1) is 54.4 Å². The third-order valence-electron chi connectivity index (χ3n) is 10.6. The number of benzene rings is 5. The highest BCUT2D eigenvalue weighted by Crippen LogP contribution is 2.41. The Balaban J connectivity index is 0.000000671. The molecule has 0 aliphatic heterocycles. The Labute approximate surface area is 387 Å². The molecule has 0 amide bonds. The van der Waals surface area contributed by atoms with E-state index in [0.717, 1.165) is 0 Å². The van der Waals surface area contributed by atoms with E-state index in [-0.39, 0.29) is 0 Å². The molecule has 5 aromatic carbocycles. The summed E-state index contributed by atoms with van der Waals surface area (Å²) >= 11 is 0. The average molecular weight is 1070 g/mol. The minimum atomic E-state index is -6.13. The number of hydrogen-bond donors (Lipinski definition) is 0. The van der Waals surface area contributed by atoms with Gasteiger partial charge in [0.1, 0.15) is 24.4 Å². The molecule has 0 unspecified atom stereocenters. The second-order valence-corrected chi connectivity index (χ2v) is 19.9. The first kappa shape index (κ1) is 58.2. The highest BCUT2D eigenvalue weighted by atomic mass is 32.2. The van der Waals surface area contributed by atoms with Crippen molar-refractivity contribution in [3.63, 3.8) is 0 Å². The Morgan fingerprint density at radius 3 is 0.676 bits per heavy atom. The van der Waals surface area contributed by atoms with Crippen molar-refractivity contribution >= 4 is 37.9 Å². The van der Waals surface area contributed by atoms with E-state index in [4.69, 9.17) is 0 Å². The van der Waals surface area contributed by atoms with Crippen LogP contribution in [-0.2, 0) is 69.3 Å². The predicted octanol–water partition coefficient (Wildman–Crippen LogP) is 14.3. The fourth-order valence-corrected chi connectivity index (χ4v) is 8.47. The molecule has 5 rings (SSSR count). The molecule has 0 atom stereocenters. The molecular weight excluding hydrogens is 1040 g/mol. The van der Waals surface area contributed by atoms with E-state index < -0.39 is 205 Å². The van der Waals surface area contributed by atoms with E-state index in [1.807, 2.05) is 12.5 Å². The van der Waals surface area contributed by atoms with E-state index in [0.29, 0.717) is 11.7 Å². The number of halogens is 24. The molecule has 0 spiro atoms. The molecule has 0 aliphatic carbocycles. The van der Waals surface area contributed by atoms with E-state index >= 15 is 0 Å². The minimum absolute atomic E-state index is 0.566. The highest BCUT2D eigenvalue weighted by Gasteiger charge is 2.47. The third kappa shape index (κ3) is 14.2. The van der Waals surface area contributed by atoms with Gasteiger partial charge in [0, 0.05) is 5.56 Å². The zero-order chi connectivity index (χ0) is 54.7. The molecule has 1 nitrogen and oxygen atoms in total. The van der Waals surface area contributed by atoms with Gasteiger partial charge in [-0.2, -0.15) is 127 Å². The summed E-state index contributed by atoms with van der Waals surface area (Å²) in [6, 6.07) is -0.379. The van der Waals surface area contributed by atoms with Crippen LogP contribution in [0.2, 0.25) is 0 Å². The molecule has 0 fully saturated rings. The third-order valence-corrected chi connectivity index (χ3v) is 11.6. The zero-order valence-electron chi connectivity index (χ0n) is 36.0. The van der Waals surface area contributed by atoms with Crippen molar-refractivity contribution in [2.45, 2.75) is 74.9 Å². The van der Waals surface area contributed by atoms with Crippen molar-refractivity contribution in [1.29, 1.82) is 0 Å². The SMILES string of the molecule is CC(C)c1ccc(C[S+](C)(C)=O)cc1.FC(F)(F)c1cc([B-](c2cc(C(F)(F)F)cc(C(F)(F)F)c2)(c2cc(C(F)(F)F)cc(C(F)(F)F)c2)c2cc(C(F)(F)F)cc(C(F)(F)F)c2)cc(C(F)(F)F)c1. The van der Waals surface area contributed by atoms with Crippen molar-refractivity contribution in [2.24, 2.45) is 0 Å². The number of hydrogen-bond acceptors (Lipinski definition) is 1. The second kappa shape index (κ2) is 19.2. The Morgan fingerprint density at radius 1 is 0.352 bits per heavy atom. The molecule has 0 saturated carbocycles. The van der Waals surface area contributed by atoms with Crippen LogP contribution in [0.5, 0.6) is 0 Å². The standard InChI is InChI=1S/C32H12BF24.C12H19OS/c34-25(35,36)13-1-14(26(37,38)39)6-21(5-13)33(22-7-15(27(40,41)42)2-16(8-22)28(43,44)45,23-9-17(29(46,47)48)3-18(10-23)30(49,50)51)24-11-19(31(52,53)54)4-20(12-24)32(55,56)57;1-10(2)12-7-5-11(6-8-12)9-14(3,4)13/h1-12H;5-8,10H,9H2,1-4H3/q-1;+1. The predicted molar refractivity (Wildman–Crippen MR) is 214 cm³/mol. The molecule has 0 heterocycles. The lowest BCUT2D eigenvalue weighted by atomic mass is 9.12. The normalized spacial score (nSPS) is 13.9. The first-order valence-corrected chi connectivity index (χ1v) is 22.1. The molecule has 27 heteroatoms. The highest BCUT2D eigenvalue weighted by molar-refractivity contribution is 8.00. The summed E-state index contributed by atoms with van der Waals surface area (Å²) in [4.78, 5) is 0. The quantitative estimate of drug-likeness (QED) is 0.0902. The Hall–Kier alpha value is -5.37. The van der Waals surface area contributed by atoms with Crippen molar-refractivity contribution < 1.29 is 110 Å². The first-order valence-electron chi connectivity index (χ1n) is 19.5. The van der Waals surface area contributed by atoms with Gasteiger partial charge in [0.15, 0.2) is 0 Å². The fourth-order valence-electron chi connectivity index (χ4n) is 7.47. The Morgan fingerprint density at radius 2 is 0.535 bits per heavy atom. The van der Waals surface area contributed by atoms with Crippen molar-refractivity contribution in [3.05, 3.63) is 153 Å². The average Bonchev–Trinajstić information content (AvgIpc) is 3.18. The van der Waals surface area contributed by atoms with Gasteiger partial charge in [-0.3, -0.25) is 0 Å². The van der Waals surface area contributed by atoms with Crippen LogP contribution in [0.25, 0.3) is 0 Å². The van der Waals surface area contributed by atoms with E-state index in [1.54, 1.807) is 0 Å². The van der Waals surface area contributed by atoms with E-state index in [1.165, 1.54) is 11.1 Å². The summed E-state index contributed by atoms with van der Waals surface area (Å²) in [7, 11) is -1.66. The summed E-state index contributed by atoms with van der Waals surface area (Å²) in [5.74, 6) is 1.25. The molecule has 71 heavy (non-hydrogen) atoms. The molecule has 0 bridgehead atoms. The monoisotopic (exact) mass is 1070 g/mol. The van der Waals surface area contributed by atoms with Crippen LogP contribution < -0.4 is 21.9 Å². The Bertz CT molecular complexity index is 2310. The molecule has 0 saturated heterocycles. The summed E-state index contributed by atoms with van der Waals surface area (Å²) in [6.45, 7) is 4.36. The van der Waals surface area contributed by atoms with Crippen molar-refractivity contribution in [3.8, 4) is 0 Å². The number of rotatable bonds is 7. The minimum Gasteiger partial charge on any atom is -0.194 e. The van der Waals surface area contributed by atoms with Gasteiger partial charge in [-0.1, -0.05) is 86.6 Å². The van der Waals surface area contributed by atoms with E-state index in [9.17, 15) is 110 Å². The smallest absolute Gasteiger partial charge is 0.194 e. The lowest BCUT2D eigenvalue weighted by Crippen LogP contribution is -2.75. The maximum Gasteiger partial charge on any atom is 0.416 e.